The Labute approximate surface area is 215 Å². The van der Waals surface area contributed by atoms with Crippen LogP contribution in [0.3, 0.4) is 0 Å². The summed E-state index contributed by atoms with van der Waals surface area (Å²) in [4.78, 5) is 54.6. The third kappa shape index (κ3) is 5.07. The summed E-state index contributed by atoms with van der Waals surface area (Å²) in [5, 5.41) is 0.623. The van der Waals surface area contributed by atoms with Crippen molar-refractivity contribution in [1.29, 1.82) is 0 Å². The smallest absolute Gasteiger partial charge is 0.266 e. The molecule has 2 saturated heterocycles. The maximum atomic E-state index is 13.1. The third-order valence-corrected chi connectivity index (χ3v) is 7.39. The van der Waals surface area contributed by atoms with Crippen LogP contribution in [0.1, 0.15) is 46.8 Å². The van der Waals surface area contributed by atoms with E-state index in [-0.39, 0.29) is 31.2 Å². The molecule has 10 nitrogen and oxygen atoms in total. The lowest BCUT2D eigenvalue weighted by Crippen LogP contribution is -2.57. The number of piperidine rings is 1. The van der Waals surface area contributed by atoms with Crippen molar-refractivity contribution < 1.29 is 23.9 Å². The van der Waals surface area contributed by atoms with Gasteiger partial charge in [0.25, 0.3) is 11.8 Å². The van der Waals surface area contributed by atoms with Crippen LogP contribution in [-0.2, 0) is 34.1 Å². The predicted octanol–water partition coefficient (Wildman–Crippen LogP) is 1.28. The lowest BCUT2D eigenvalue weighted by Gasteiger charge is -2.34. The quantitative estimate of drug-likeness (QED) is 0.357. The van der Waals surface area contributed by atoms with Crippen molar-refractivity contribution in [3.05, 3.63) is 64.7 Å². The van der Waals surface area contributed by atoms with Gasteiger partial charge >= 0.3 is 0 Å². The molecule has 0 aliphatic carbocycles. The van der Waals surface area contributed by atoms with E-state index in [9.17, 15) is 19.2 Å². The molecule has 2 fully saturated rings. The standard InChI is InChI=1S/C27H31N5O5/c1-18(33)30-13-11-29(12-14-30)15-19-5-7-20(8-6-19)17-37-24-4-2-3-21-22(24)16-31(26(21)35)23-9-10-25(34)32(28)27(23)36/h2-8,23H,9-17,28H2,1H3. The number of nitrogens with two attached hydrogens (primary N) is 1. The molecule has 0 radical (unpaired) electrons. The summed E-state index contributed by atoms with van der Waals surface area (Å²) < 4.78 is 6.11. The molecule has 3 heterocycles. The zero-order valence-corrected chi connectivity index (χ0v) is 20.9. The summed E-state index contributed by atoms with van der Waals surface area (Å²) in [7, 11) is 0. The lowest BCUT2D eigenvalue weighted by atomic mass is 10.0. The highest BCUT2D eigenvalue weighted by Gasteiger charge is 2.42. The zero-order chi connectivity index (χ0) is 26.1. The number of fused-ring (bicyclic) bond motifs is 1. The van der Waals surface area contributed by atoms with Crippen molar-refractivity contribution in [3.8, 4) is 5.75 Å². The van der Waals surface area contributed by atoms with Crippen LogP contribution < -0.4 is 10.6 Å². The molecule has 2 aromatic carbocycles. The minimum atomic E-state index is -0.756. The normalized spacial score (nSPS) is 20.4. The number of ether oxygens (including phenoxy) is 1. The van der Waals surface area contributed by atoms with Crippen LogP contribution in [0.15, 0.2) is 42.5 Å². The molecule has 2 N–H and O–H groups in total. The molecule has 0 aromatic heterocycles. The highest BCUT2D eigenvalue weighted by Crippen LogP contribution is 2.34. The van der Waals surface area contributed by atoms with Crippen molar-refractivity contribution in [2.75, 3.05) is 26.2 Å². The minimum Gasteiger partial charge on any atom is -0.489 e. The number of hydrogen-bond donors (Lipinski definition) is 1. The first-order valence-electron chi connectivity index (χ1n) is 12.5. The number of carbonyl (C=O) groups is 4. The number of nitrogens with zero attached hydrogens (tertiary/aromatic N) is 4. The molecule has 0 saturated carbocycles. The molecule has 0 bridgehead atoms. The number of hydrogen-bond acceptors (Lipinski definition) is 7. The molecule has 2 aromatic rings. The van der Waals surface area contributed by atoms with E-state index in [2.05, 4.69) is 17.0 Å². The van der Waals surface area contributed by atoms with Gasteiger partial charge in [-0.05, 0) is 29.7 Å². The second-order valence-electron chi connectivity index (χ2n) is 9.76. The minimum absolute atomic E-state index is 0.126. The van der Waals surface area contributed by atoms with Gasteiger partial charge in [-0.1, -0.05) is 30.3 Å². The first-order chi connectivity index (χ1) is 17.8. The van der Waals surface area contributed by atoms with E-state index in [1.165, 1.54) is 10.5 Å². The number of imide groups is 1. The van der Waals surface area contributed by atoms with E-state index in [1.54, 1.807) is 19.1 Å². The van der Waals surface area contributed by atoms with E-state index in [0.717, 1.165) is 43.9 Å². The molecular formula is C27H31N5O5. The third-order valence-electron chi connectivity index (χ3n) is 7.39. The Morgan fingerprint density at radius 2 is 1.70 bits per heavy atom. The molecule has 37 heavy (non-hydrogen) atoms. The molecule has 1 atom stereocenters. The summed E-state index contributed by atoms with van der Waals surface area (Å²) in [6, 6.07) is 12.8. The summed E-state index contributed by atoms with van der Waals surface area (Å²) in [6.07, 6.45) is 0.390. The monoisotopic (exact) mass is 505 g/mol. The van der Waals surface area contributed by atoms with Crippen molar-refractivity contribution in [2.24, 2.45) is 5.84 Å². The zero-order valence-electron chi connectivity index (χ0n) is 20.9. The van der Waals surface area contributed by atoms with Crippen LogP contribution in [-0.4, -0.2) is 75.6 Å². The van der Waals surface area contributed by atoms with Gasteiger partial charge in [0.05, 0.1) is 6.54 Å². The Hall–Kier alpha value is -3.76. The second kappa shape index (κ2) is 10.3. The SMILES string of the molecule is CC(=O)N1CCN(Cc2ccc(COc3cccc4c3CN(C3CCC(=O)N(N)C3=O)C4=O)cc2)CC1. The van der Waals surface area contributed by atoms with Gasteiger partial charge in [0, 0.05) is 57.2 Å². The van der Waals surface area contributed by atoms with E-state index < -0.39 is 17.9 Å². The Bertz CT molecular complexity index is 1220. The Kier molecular flexibility index (Phi) is 6.94. The lowest BCUT2D eigenvalue weighted by molar-refractivity contribution is -0.152. The number of rotatable bonds is 6. The van der Waals surface area contributed by atoms with Gasteiger partial charge in [-0.3, -0.25) is 24.1 Å². The fraction of sp³-hybridized carbons (Fsp3) is 0.407. The molecular weight excluding hydrogens is 474 g/mol. The maximum Gasteiger partial charge on any atom is 0.266 e. The van der Waals surface area contributed by atoms with Crippen LogP contribution in [0.25, 0.3) is 0 Å². The molecule has 1 unspecified atom stereocenters. The molecule has 10 heteroatoms. The molecule has 0 spiro atoms. The van der Waals surface area contributed by atoms with Gasteiger partial charge in [0.1, 0.15) is 18.4 Å². The number of hydrazine groups is 1. The fourth-order valence-corrected chi connectivity index (χ4v) is 5.17. The Morgan fingerprint density at radius 3 is 2.41 bits per heavy atom. The van der Waals surface area contributed by atoms with Crippen LogP contribution in [0.5, 0.6) is 5.75 Å². The van der Waals surface area contributed by atoms with Crippen LogP contribution in [0, 0.1) is 0 Å². The predicted molar refractivity (Wildman–Crippen MR) is 134 cm³/mol. The number of amides is 4. The molecule has 3 aliphatic rings. The first kappa shape index (κ1) is 24.9. The Balaban J connectivity index is 1.19. The Morgan fingerprint density at radius 1 is 1.00 bits per heavy atom. The largest absolute Gasteiger partial charge is 0.489 e. The van der Waals surface area contributed by atoms with Gasteiger partial charge < -0.3 is 14.5 Å². The average molecular weight is 506 g/mol. The average Bonchev–Trinajstić information content (AvgIpc) is 3.24. The van der Waals surface area contributed by atoms with Crippen LogP contribution in [0.2, 0.25) is 0 Å². The van der Waals surface area contributed by atoms with Gasteiger partial charge in [0.15, 0.2) is 0 Å². The van der Waals surface area contributed by atoms with Crippen molar-refractivity contribution >= 4 is 23.6 Å². The number of benzene rings is 2. The topological polar surface area (TPSA) is 116 Å². The van der Waals surface area contributed by atoms with Gasteiger partial charge in [-0.2, -0.15) is 0 Å². The summed E-state index contributed by atoms with van der Waals surface area (Å²) >= 11 is 0. The number of piperazine rings is 1. The molecule has 3 aliphatic heterocycles. The van der Waals surface area contributed by atoms with Crippen molar-refractivity contribution in [3.63, 3.8) is 0 Å². The fourth-order valence-electron chi connectivity index (χ4n) is 5.17. The number of carbonyl (C=O) groups excluding carboxylic acids is 4. The summed E-state index contributed by atoms with van der Waals surface area (Å²) in [5.74, 6) is 5.10. The van der Waals surface area contributed by atoms with Gasteiger partial charge in [-0.15, -0.1) is 0 Å². The van der Waals surface area contributed by atoms with Crippen LogP contribution >= 0.6 is 0 Å². The molecule has 5 rings (SSSR count). The van der Waals surface area contributed by atoms with E-state index in [4.69, 9.17) is 10.6 Å². The second-order valence-corrected chi connectivity index (χ2v) is 9.76. The van der Waals surface area contributed by atoms with E-state index in [1.807, 2.05) is 23.1 Å². The van der Waals surface area contributed by atoms with Crippen molar-refractivity contribution in [2.45, 2.75) is 45.5 Å². The highest BCUT2D eigenvalue weighted by atomic mass is 16.5. The summed E-state index contributed by atoms with van der Waals surface area (Å²) in [5.41, 5.74) is 3.45. The molecule has 4 amide bonds. The van der Waals surface area contributed by atoms with E-state index >= 15 is 0 Å². The van der Waals surface area contributed by atoms with Crippen molar-refractivity contribution in [1.82, 2.24) is 19.7 Å². The maximum absolute atomic E-state index is 13.1. The highest BCUT2D eigenvalue weighted by molar-refractivity contribution is 6.05. The van der Waals surface area contributed by atoms with Gasteiger partial charge in [0.2, 0.25) is 11.8 Å². The first-order valence-corrected chi connectivity index (χ1v) is 12.5. The molecule has 194 valence electrons. The van der Waals surface area contributed by atoms with Gasteiger partial charge in [-0.25, -0.2) is 10.9 Å². The van der Waals surface area contributed by atoms with E-state index in [0.29, 0.717) is 22.9 Å². The summed E-state index contributed by atoms with van der Waals surface area (Å²) in [6.45, 7) is 6.29. The van der Waals surface area contributed by atoms with Crippen LogP contribution in [0.4, 0.5) is 0 Å².